The van der Waals surface area contributed by atoms with Gasteiger partial charge in [0.15, 0.2) is 0 Å². The summed E-state index contributed by atoms with van der Waals surface area (Å²) >= 11 is 0. The van der Waals surface area contributed by atoms with E-state index in [0.29, 0.717) is 0 Å². The quantitative estimate of drug-likeness (QED) is 0.783. The summed E-state index contributed by atoms with van der Waals surface area (Å²) in [5.74, 6) is 0. The van der Waals surface area contributed by atoms with Gasteiger partial charge in [0.1, 0.15) is 0 Å². The first kappa shape index (κ1) is 12.3. The van der Waals surface area contributed by atoms with Crippen LogP contribution in [0.15, 0.2) is 23.0 Å². The van der Waals surface area contributed by atoms with Crippen molar-refractivity contribution in [3.63, 3.8) is 0 Å². The number of furan rings is 1. The molecule has 0 bridgehead atoms. The fraction of sp³-hybridized carbons (Fsp3) is 0.667. The number of hydrogen-bond donors (Lipinski definition) is 1. The number of likely N-dealkylation sites (N-methyl/N-ethyl adjacent to an activating group) is 1. The van der Waals surface area contributed by atoms with Crippen LogP contribution in [-0.4, -0.2) is 25.3 Å². The molecule has 1 N–H and O–H groups in total. The Kier molecular flexibility index (Phi) is 4.36. The molecule has 1 aromatic heterocycles. The highest BCUT2D eigenvalue weighted by Crippen LogP contribution is 2.18. The lowest BCUT2D eigenvalue weighted by atomic mass is 9.93. The average Bonchev–Trinajstić information content (AvgIpc) is 2.66. The van der Waals surface area contributed by atoms with Crippen LogP contribution in [0.5, 0.6) is 0 Å². The van der Waals surface area contributed by atoms with Crippen LogP contribution in [0.2, 0.25) is 0 Å². The van der Waals surface area contributed by atoms with Crippen LogP contribution >= 0.6 is 0 Å². The van der Waals surface area contributed by atoms with E-state index < -0.39 is 0 Å². The maximum Gasteiger partial charge on any atom is 0.0935 e. The molecule has 0 amide bonds. The normalized spacial score (nSPS) is 14.1. The minimum Gasteiger partial charge on any atom is -0.472 e. The minimum absolute atomic E-state index is 0.166. The van der Waals surface area contributed by atoms with Crippen molar-refractivity contribution in [3.05, 3.63) is 24.2 Å². The van der Waals surface area contributed by atoms with Gasteiger partial charge in [-0.05, 0) is 45.9 Å². The largest absolute Gasteiger partial charge is 0.472 e. The van der Waals surface area contributed by atoms with Gasteiger partial charge in [-0.25, -0.2) is 0 Å². The van der Waals surface area contributed by atoms with Crippen molar-refractivity contribution >= 4 is 0 Å². The van der Waals surface area contributed by atoms with Crippen LogP contribution in [0, 0.1) is 0 Å². The van der Waals surface area contributed by atoms with Crippen molar-refractivity contribution in [3.8, 4) is 0 Å². The first-order valence-corrected chi connectivity index (χ1v) is 5.42. The fourth-order valence-electron chi connectivity index (χ4n) is 1.81. The molecule has 0 saturated carbocycles. The van der Waals surface area contributed by atoms with E-state index in [-0.39, 0.29) is 11.6 Å². The molecule has 1 rings (SSSR count). The maximum atomic E-state index is 5.74. The SMILES string of the molecule is CCOC(C)(C)C(Cc1ccoc1)NC. The van der Waals surface area contributed by atoms with Crippen LogP contribution in [0.4, 0.5) is 0 Å². The third-order valence-electron chi connectivity index (χ3n) is 2.72. The molecule has 0 spiro atoms. The summed E-state index contributed by atoms with van der Waals surface area (Å²) in [4.78, 5) is 0. The Labute approximate surface area is 91.8 Å². The van der Waals surface area contributed by atoms with Crippen LogP contribution < -0.4 is 5.32 Å². The summed E-state index contributed by atoms with van der Waals surface area (Å²) < 4.78 is 10.8. The Balaban J connectivity index is 2.62. The van der Waals surface area contributed by atoms with E-state index in [1.54, 1.807) is 12.5 Å². The molecule has 1 aromatic rings. The van der Waals surface area contributed by atoms with E-state index in [4.69, 9.17) is 9.15 Å². The molecular formula is C12H21NO2. The predicted molar refractivity (Wildman–Crippen MR) is 61.0 cm³/mol. The van der Waals surface area contributed by atoms with Crippen molar-refractivity contribution in [1.29, 1.82) is 0 Å². The Morgan fingerprint density at radius 1 is 1.53 bits per heavy atom. The zero-order valence-corrected chi connectivity index (χ0v) is 10.0. The second-order valence-corrected chi connectivity index (χ2v) is 4.21. The Hall–Kier alpha value is -0.800. The van der Waals surface area contributed by atoms with Gasteiger partial charge < -0.3 is 14.5 Å². The molecule has 0 aliphatic carbocycles. The molecule has 1 atom stereocenters. The van der Waals surface area contributed by atoms with Gasteiger partial charge in [0.05, 0.1) is 18.1 Å². The van der Waals surface area contributed by atoms with Gasteiger partial charge in [0.25, 0.3) is 0 Å². The highest BCUT2D eigenvalue weighted by molar-refractivity contribution is 5.09. The molecule has 1 unspecified atom stereocenters. The molecule has 0 radical (unpaired) electrons. The lowest BCUT2D eigenvalue weighted by Gasteiger charge is -2.33. The number of rotatable bonds is 6. The summed E-state index contributed by atoms with van der Waals surface area (Å²) in [6.07, 6.45) is 4.40. The molecule has 3 nitrogen and oxygen atoms in total. The highest BCUT2D eigenvalue weighted by atomic mass is 16.5. The third kappa shape index (κ3) is 3.36. The molecule has 86 valence electrons. The summed E-state index contributed by atoms with van der Waals surface area (Å²) in [6.45, 7) is 6.97. The summed E-state index contributed by atoms with van der Waals surface area (Å²) in [6, 6.07) is 2.28. The molecule has 0 saturated heterocycles. The van der Waals surface area contributed by atoms with Gasteiger partial charge in [-0.1, -0.05) is 0 Å². The van der Waals surface area contributed by atoms with Crippen LogP contribution in [0.25, 0.3) is 0 Å². The average molecular weight is 211 g/mol. The Morgan fingerprint density at radius 3 is 2.73 bits per heavy atom. The highest BCUT2D eigenvalue weighted by Gasteiger charge is 2.28. The lowest BCUT2D eigenvalue weighted by molar-refractivity contribution is -0.0363. The van der Waals surface area contributed by atoms with Gasteiger partial charge in [-0.3, -0.25) is 0 Å². The zero-order chi connectivity index (χ0) is 11.3. The van der Waals surface area contributed by atoms with Crippen molar-refractivity contribution in [2.24, 2.45) is 0 Å². The molecule has 0 aromatic carbocycles. The molecule has 0 fully saturated rings. The van der Waals surface area contributed by atoms with Gasteiger partial charge in [0, 0.05) is 12.6 Å². The summed E-state index contributed by atoms with van der Waals surface area (Å²) in [5.41, 5.74) is 1.03. The van der Waals surface area contributed by atoms with Gasteiger partial charge in [0.2, 0.25) is 0 Å². The topological polar surface area (TPSA) is 34.4 Å². The minimum atomic E-state index is -0.166. The molecule has 3 heteroatoms. The summed E-state index contributed by atoms with van der Waals surface area (Å²) in [5, 5.41) is 3.30. The van der Waals surface area contributed by atoms with Crippen LogP contribution in [0.3, 0.4) is 0 Å². The van der Waals surface area contributed by atoms with E-state index >= 15 is 0 Å². The molecule has 0 aliphatic heterocycles. The van der Waals surface area contributed by atoms with E-state index in [1.807, 2.05) is 20.0 Å². The van der Waals surface area contributed by atoms with Crippen LogP contribution in [0.1, 0.15) is 26.3 Å². The number of ether oxygens (including phenoxy) is 1. The van der Waals surface area contributed by atoms with E-state index in [1.165, 1.54) is 5.56 Å². The molecule has 0 aliphatic rings. The monoisotopic (exact) mass is 211 g/mol. The first-order chi connectivity index (χ1) is 7.10. The second kappa shape index (κ2) is 5.33. The van der Waals surface area contributed by atoms with Gasteiger partial charge >= 0.3 is 0 Å². The first-order valence-electron chi connectivity index (χ1n) is 5.42. The van der Waals surface area contributed by atoms with E-state index in [0.717, 1.165) is 13.0 Å². The molecule has 1 heterocycles. The molecule has 15 heavy (non-hydrogen) atoms. The summed E-state index contributed by atoms with van der Waals surface area (Å²) in [7, 11) is 1.96. The van der Waals surface area contributed by atoms with Crippen molar-refractivity contribution in [2.45, 2.75) is 38.8 Å². The third-order valence-corrected chi connectivity index (χ3v) is 2.72. The maximum absolute atomic E-state index is 5.74. The Bertz CT molecular complexity index is 267. The predicted octanol–water partition coefficient (Wildman–Crippen LogP) is 2.23. The number of hydrogen-bond acceptors (Lipinski definition) is 3. The zero-order valence-electron chi connectivity index (χ0n) is 10.0. The fourth-order valence-corrected chi connectivity index (χ4v) is 1.81. The standard InChI is InChI=1S/C12H21NO2/c1-5-15-12(2,3)11(13-4)8-10-6-7-14-9-10/h6-7,9,11,13H,5,8H2,1-4H3. The second-order valence-electron chi connectivity index (χ2n) is 4.21. The van der Waals surface area contributed by atoms with Crippen molar-refractivity contribution < 1.29 is 9.15 Å². The van der Waals surface area contributed by atoms with E-state index in [2.05, 4.69) is 19.2 Å². The smallest absolute Gasteiger partial charge is 0.0935 e. The molecular weight excluding hydrogens is 190 g/mol. The number of nitrogens with one attached hydrogen (secondary N) is 1. The van der Waals surface area contributed by atoms with Gasteiger partial charge in [-0.15, -0.1) is 0 Å². The Morgan fingerprint density at radius 2 is 2.27 bits per heavy atom. The van der Waals surface area contributed by atoms with Crippen molar-refractivity contribution in [1.82, 2.24) is 5.32 Å². The van der Waals surface area contributed by atoms with Crippen LogP contribution in [-0.2, 0) is 11.2 Å². The lowest BCUT2D eigenvalue weighted by Crippen LogP contribution is -2.48. The van der Waals surface area contributed by atoms with Gasteiger partial charge in [-0.2, -0.15) is 0 Å². The van der Waals surface area contributed by atoms with E-state index in [9.17, 15) is 0 Å². The van der Waals surface area contributed by atoms with Crippen molar-refractivity contribution in [2.75, 3.05) is 13.7 Å².